The monoisotopic (exact) mass is 412 g/mol. The molecular weight excluding hydrogens is 384 g/mol. The predicted molar refractivity (Wildman–Crippen MR) is 112 cm³/mol. The van der Waals surface area contributed by atoms with Crippen molar-refractivity contribution in [2.45, 2.75) is 52.4 Å². The zero-order valence-electron chi connectivity index (χ0n) is 17.6. The number of fused-ring (bicyclic) bond motifs is 2. The largest absolute Gasteiger partial charge is 0.466 e. The summed E-state index contributed by atoms with van der Waals surface area (Å²) in [5, 5.41) is 3.43. The molecule has 0 saturated carbocycles. The van der Waals surface area contributed by atoms with Gasteiger partial charge in [0.1, 0.15) is 0 Å². The number of benzene rings is 1. The Labute approximate surface area is 176 Å². The van der Waals surface area contributed by atoms with Crippen molar-refractivity contribution < 1.29 is 23.9 Å². The van der Waals surface area contributed by atoms with E-state index in [1.807, 2.05) is 25.1 Å². The van der Waals surface area contributed by atoms with Crippen LogP contribution in [0.2, 0.25) is 0 Å². The van der Waals surface area contributed by atoms with E-state index in [9.17, 15) is 14.4 Å². The molecule has 2 aromatic rings. The number of pyridine rings is 1. The molecule has 0 bridgehead atoms. The van der Waals surface area contributed by atoms with Crippen LogP contribution in [0.25, 0.3) is 10.9 Å². The van der Waals surface area contributed by atoms with Crippen molar-refractivity contribution in [3.05, 3.63) is 40.6 Å². The van der Waals surface area contributed by atoms with Gasteiger partial charge in [0.15, 0.2) is 6.61 Å². The molecule has 1 aliphatic rings. The normalized spacial score (nSPS) is 12.9. The molecule has 1 aliphatic carbocycles. The van der Waals surface area contributed by atoms with Gasteiger partial charge in [-0.2, -0.15) is 0 Å². The fourth-order valence-electron chi connectivity index (χ4n) is 3.72. The number of aromatic nitrogens is 1. The van der Waals surface area contributed by atoms with Crippen LogP contribution in [-0.2, 0) is 31.9 Å². The van der Waals surface area contributed by atoms with Gasteiger partial charge in [0.05, 0.1) is 17.7 Å². The minimum absolute atomic E-state index is 0.238. The highest BCUT2D eigenvalue weighted by Crippen LogP contribution is 2.30. The van der Waals surface area contributed by atoms with Crippen LogP contribution in [0.1, 0.15) is 59.8 Å². The molecule has 30 heavy (non-hydrogen) atoms. The van der Waals surface area contributed by atoms with Crippen LogP contribution in [-0.4, -0.2) is 42.6 Å². The lowest BCUT2D eigenvalue weighted by molar-refractivity contribution is -0.143. The molecule has 0 fully saturated rings. The second-order valence-electron chi connectivity index (χ2n) is 7.47. The van der Waals surface area contributed by atoms with E-state index in [-0.39, 0.29) is 19.0 Å². The van der Waals surface area contributed by atoms with Crippen LogP contribution >= 0.6 is 0 Å². The minimum Gasteiger partial charge on any atom is -0.466 e. The van der Waals surface area contributed by atoms with Gasteiger partial charge in [-0.25, -0.2) is 4.79 Å². The van der Waals surface area contributed by atoms with Crippen LogP contribution in [0.15, 0.2) is 18.2 Å². The lowest BCUT2D eigenvalue weighted by atomic mass is 9.89. The van der Waals surface area contributed by atoms with Gasteiger partial charge in [0, 0.05) is 24.0 Å². The second kappa shape index (κ2) is 10.2. The Morgan fingerprint density at radius 1 is 1.13 bits per heavy atom. The first-order valence-corrected chi connectivity index (χ1v) is 10.5. The fraction of sp³-hybridized carbons (Fsp3) is 0.478. The van der Waals surface area contributed by atoms with Gasteiger partial charge in [-0.05, 0) is 63.6 Å². The summed E-state index contributed by atoms with van der Waals surface area (Å²) < 4.78 is 10.2. The molecule has 0 radical (unpaired) electrons. The number of aryl methyl sites for hydroxylation is 2. The van der Waals surface area contributed by atoms with Gasteiger partial charge >= 0.3 is 11.9 Å². The Bertz CT molecular complexity index is 954. The lowest BCUT2D eigenvalue weighted by Gasteiger charge is -2.20. The zero-order valence-corrected chi connectivity index (χ0v) is 17.6. The summed E-state index contributed by atoms with van der Waals surface area (Å²) in [7, 11) is 0. The quantitative estimate of drug-likeness (QED) is 0.529. The van der Waals surface area contributed by atoms with Gasteiger partial charge < -0.3 is 14.8 Å². The first-order valence-electron chi connectivity index (χ1n) is 10.5. The van der Waals surface area contributed by atoms with Crippen molar-refractivity contribution in [3.8, 4) is 0 Å². The maximum absolute atomic E-state index is 12.9. The Morgan fingerprint density at radius 2 is 1.93 bits per heavy atom. The Morgan fingerprint density at radius 3 is 2.73 bits per heavy atom. The van der Waals surface area contributed by atoms with Crippen LogP contribution in [0.4, 0.5) is 0 Å². The highest BCUT2D eigenvalue weighted by molar-refractivity contribution is 6.05. The fourth-order valence-corrected chi connectivity index (χ4v) is 3.72. The number of nitrogens with one attached hydrogen (secondary N) is 1. The van der Waals surface area contributed by atoms with Gasteiger partial charge in [0.2, 0.25) is 0 Å². The van der Waals surface area contributed by atoms with E-state index in [2.05, 4.69) is 5.32 Å². The third kappa shape index (κ3) is 5.34. The number of hydrogen-bond acceptors (Lipinski definition) is 6. The molecule has 3 rings (SSSR count). The minimum atomic E-state index is -0.493. The molecule has 7 nitrogen and oxygen atoms in total. The summed E-state index contributed by atoms with van der Waals surface area (Å²) >= 11 is 0. The molecule has 0 saturated heterocycles. The Balaban J connectivity index is 1.64. The molecule has 1 amide bonds. The summed E-state index contributed by atoms with van der Waals surface area (Å²) in [6, 6.07) is 5.85. The maximum atomic E-state index is 12.9. The van der Waals surface area contributed by atoms with Crippen molar-refractivity contribution in [2.75, 3.05) is 19.8 Å². The van der Waals surface area contributed by atoms with Crippen molar-refractivity contribution in [1.29, 1.82) is 0 Å². The lowest BCUT2D eigenvalue weighted by Crippen LogP contribution is -2.30. The van der Waals surface area contributed by atoms with Gasteiger partial charge in [-0.3, -0.25) is 14.6 Å². The van der Waals surface area contributed by atoms with Crippen molar-refractivity contribution in [1.82, 2.24) is 10.3 Å². The molecule has 160 valence electrons. The zero-order chi connectivity index (χ0) is 21.5. The number of hydrogen-bond donors (Lipinski definition) is 1. The van der Waals surface area contributed by atoms with E-state index < -0.39 is 11.9 Å². The molecule has 7 heteroatoms. The summed E-state index contributed by atoms with van der Waals surface area (Å²) in [5.74, 6) is -1.17. The third-order valence-corrected chi connectivity index (χ3v) is 5.14. The predicted octanol–water partition coefficient (Wildman–Crippen LogP) is 3.04. The first kappa shape index (κ1) is 21.7. The SMILES string of the molecule is CCOC(=O)CCCNC(=O)COC(=O)c1c2c(nc3ccc(C)cc13)CCCC2. The topological polar surface area (TPSA) is 94.6 Å². The number of amides is 1. The average molecular weight is 412 g/mol. The highest BCUT2D eigenvalue weighted by atomic mass is 16.5. The molecule has 0 atom stereocenters. The summed E-state index contributed by atoms with van der Waals surface area (Å²) in [5.41, 5.74) is 4.24. The van der Waals surface area contributed by atoms with Crippen molar-refractivity contribution in [2.24, 2.45) is 0 Å². The van der Waals surface area contributed by atoms with E-state index >= 15 is 0 Å². The Hall–Kier alpha value is -2.96. The van der Waals surface area contributed by atoms with E-state index in [0.717, 1.165) is 53.4 Å². The van der Waals surface area contributed by atoms with Gasteiger partial charge in [-0.15, -0.1) is 0 Å². The molecule has 1 heterocycles. The molecule has 0 unspecified atom stereocenters. The molecule has 1 aromatic heterocycles. The van der Waals surface area contributed by atoms with Crippen molar-refractivity contribution in [3.63, 3.8) is 0 Å². The van der Waals surface area contributed by atoms with Crippen molar-refractivity contribution >= 4 is 28.7 Å². The Kier molecular flexibility index (Phi) is 7.38. The van der Waals surface area contributed by atoms with E-state index in [4.69, 9.17) is 14.5 Å². The summed E-state index contributed by atoms with van der Waals surface area (Å²) in [6.07, 6.45) is 4.41. The highest BCUT2D eigenvalue weighted by Gasteiger charge is 2.24. The molecule has 0 aliphatic heterocycles. The summed E-state index contributed by atoms with van der Waals surface area (Å²) in [4.78, 5) is 41.0. The first-order chi connectivity index (χ1) is 14.5. The van der Waals surface area contributed by atoms with Gasteiger partial charge in [0.25, 0.3) is 5.91 Å². The van der Waals surface area contributed by atoms with E-state index in [1.54, 1.807) is 6.92 Å². The van der Waals surface area contributed by atoms with Crippen LogP contribution in [0.3, 0.4) is 0 Å². The number of carbonyl (C=O) groups excluding carboxylic acids is 3. The second-order valence-corrected chi connectivity index (χ2v) is 7.47. The van der Waals surface area contributed by atoms with E-state index in [1.165, 1.54) is 0 Å². The van der Waals surface area contributed by atoms with E-state index in [0.29, 0.717) is 25.1 Å². The molecular formula is C23H28N2O5. The van der Waals surface area contributed by atoms with Crippen LogP contribution in [0, 0.1) is 6.92 Å². The van der Waals surface area contributed by atoms with Crippen LogP contribution in [0.5, 0.6) is 0 Å². The van der Waals surface area contributed by atoms with Gasteiger partial charge in [-0.1, -0.05) is 11.6 Å². The number of carbonyl (C=O) groups is 3. The number of rotatable bonds is 8. The number of nitrogens with zero attached hydrogens (tertiary/aromatic N) is 1. The molecule has 0 spiro atoms. The smallest absolute Gasteiger partial charge is 0.339 e. The standard InChI is InChI=1S/C23H28N2O5/c1-3-29-21(27)9-6-12-24-20(26)14-30-23(28)22-16-7-4-5-8-18(16)25-19-11-10-15(2)13-17(19)22/h10-11,13H,3-9,12,14H2,1-2H3,(H,24,26). The number of ether oxygens (including phenoxy) is 2. The number of esters is 2. The third-order valence-electron chi connectivity index (χ3n) is 5.14. The molecule has 1 aromatic carbocycles. The maximum Gasteiger partial charge on any atom is 0.339 e. The van der Waals surface area contributed by atoms with Crippen LogP contribution < -0.4 is 5.32 Å². The average Bonchev–Trinajstić information content (AvgIpc) is 2.73. The molecule has 1 N–H and O–H groups in total. The summed E-state index contributed by atoms with van der Waals surface area (Å²) in [6.45, 7) is 4.02.